The van der Waals surface area contributed by atoms with E-state index in [-0.39, 0.29) is 35.5 Å². The summed E-state index contributed by atoms with van der Waals surface area (Å²) in [6.45, 7) is 4.49. The summed E-state index contributed by atoms with van der Waals surface area (Å²) in [7, 11) is 1.77. The molecule has 0 aromatic heterocycles. The van der Waals surface area contributed by atoms with Gasteiger partial charge >= 0.3 is 0 Å². The number of likely N-dealkylation sites (N-methyl/N-ethyl adjacent to an activating group) is 1. The summed E-state index contributed by atoms with van der Waals surface area (Å²) in [6, 6.07) is 5.89. The van der Waals surface area contributed by atoms with Crippen LogP contribution in [-0.4, -0.2) is 30.3 Å². The van der Waals surface area contributed by atoms with Crippen LogP contribution in [-0.2, 0) is 9.59 Å². The first-order chi connectivity index (χ1) is 11.4. The van der Waals surface area contributed by atoms with Crippen LogP contribution in [0.2, 0.25) is 0 Å². The van der Waals surface area contributed by atoms with Crippen molar-refractivity contribution in [3.8, 4) is 0 Å². The maximum Gasteiger partial charge on any atom is 0.226 e. The van der Waals surface area contributed by atoms with E-state index in [4.69, 9.17) is 0 Å². The number of carbonyl (C=O) groups is 2. The third-order valence-electron chi connectivity index (χ3n) is 5.41. The fourth-order valence-corrected chi connectivity index (χ4v) is 3.26. The van der Waals surface area contributed by atoms with Crippen molar-refractivity contribution in [2.75, 3.05) is 13.6 Å². The van der Waals surface area contributed by atoms with Gasteiger partial charge in [0.2, 0.25) is 11.8 Å². The standard InChI is InChI=1S/C19H25FN2O2/c1-11-8-15(11)18(23)21-10-17(13-4-6-14(20)7-5-13)22(3)19(24)16-9-12(16)2/h4-7,11-12,15-17H,8-10H2,1-3H3,(H,21,23)/t11-,12+,15+,16+,17-/m1/s1. The number of nitrogens with one attached hydrogen (secondary N) is 1. The molecule has 2 saturated carbocycles. The smallest absolute Gasteiger partial charge is 0.226 e. The van der Waals surface area contributed by atoms with Gasteiger partial charge in [-0.25, -0.2) is 4.39 Å². The van der Waals surface area contributed by atoms with E-state index in [1.54, 1.807) is 24.1 Å². The second kappa shape index (κ2) is 6.54. The number of halogens is 1. The highest BCUT2D eigenvalue weighted by Crippen LogP contribution is 2.40. The molecule has 24 heavy (non-hydrogen) atoms. The number of benzene rings is 1. The average molecular weight is 332 g/mol. The Balaban J connectivity index is 1.71. The molecule has 0 radical (unpaired) electrons. The van der Waals surface area contributed by atoms with Gasteiger partial charge < -0.3 is 10.2 Å². The van der Waals surface area contributed by atoms with Crippen molar-refractivity contribution in [1.29, 1.82) is 0 Å². The van der Waals surface area contributed by atoms with Crippen molar-refractivity contribution in [3.63, 3.8) is 0 Å². The third kappa shape index (κ3) is 3.60. The van der Waals surface area contributed by atoms with Crippen molar-refractivity contribution >= 4 is 11.8 Å². The van der Waals surface area contributed by atoms with Crippen LogP contribution in [0.5, 0.6) is 0 Å². The lowest BCUT2D eigenvalue weighted by Crippen LogP contribution is -2.40. The quantitative estimate of drug-likeness (QED) is 0.871. The van der Waals surface area contributed by atoms with Crippen LogP contribution >= 0.6 is 0 Å². The monoisotopic (exact) mass is 332 g/mol. The van der Waals surface area contributed by atoms with Gasteiger partial charge in [-0.3, -0.25) is 9.59 Å². The van der Waals surface area contributed by atoms with E-state index in [0.717, 1.165) is 18.4 Å². The molecule has 0 heterocycles. The third-order valence-corrected chi connectivity index (χ3v) is 5.41. The van der Waals surface area contributed by atoms with Gasteiger partial charge in [0.15, 0.2) is 0 Å². The summed E-state index contributed by atoms with van der Waals surface area (Å²) in [5, 5.41) is 2.97. The molecule has 2 aliphatic rings. The fourth-order valence-electron chi connectivity index (χ4n) is 3.26. The van der Waals surface area contributed by atoms with E-state index >= 15 is 0 Å². The van der Waals surface area contributed by atoms with Gasteiger partial charge in [-0.1, -0.05) is 26.0 Å². The number of carbonyl (C=O) groups excluding carboxylic acids is 2. The lowest BCUT2D eigenvalue weighted by atomic mass is 10.0. The van der Waals surface area contributed by atoms with Crippen molar-refractivity contribution in [1.82, 2.24) is 10.2 Å². The molecule has 1 aromatic carbocycles. The van der Waals surface area contributed by atoms with E-state index in [1.807, 2.05) is 0 Å². The van der Waals surface area contributed by atoms with E-state index in [9.17, 15) is 14.0 Å². The fraction of sp³-hybridized carbons (Fsp3) is 0.579. The molecule has 0 spiro atoms. The molecule has 0 unspecified atom stereocenters. The molecule has 3 rings (SSSR count). The maximum atomic E-state index is 13.2. The molecule has 5 atom stereocenters. The van der Waals surface area contributed by atoms with Gasteiger partial charge in [0.1, 0.15) is 5.82 Å². The Morgan fingerprint density at radius 3 is 2.21 bits per heavy atom. The second-order valence-electron chi connectivity index (χ2n) is 7.40. The van der Waals surface area contributed by atoms with Gasteiger partial charge in [0.05, 0.1) is 6.04 Å². The molecule has 1 aromatic rings. The Kier molecular flexibility index (Phi) is 4.61. The summed E-state index contributed by atoms with van der Waals surface area (Å²) < 4.78 is 13.2. The van der Waals surface area contributed by atoms with Crippen LogP contribution in [0.3, 0.4) is 0 Å². The molecule has 0 bridgehead atoms. The predicted molar refractivity (Wildman–Crippen MR) is 89.5 cm³/mol. The van der Waals surface area contributed by atoms with Crippen molar-refractivity contribution in [3.05, 3.63) is 35.6 Å². The number of amides is 2. The van der Waals surface area contributed by atoms with E-state index in [0.29, 0.717) is 18.4 Å². The maximum absolute atomic E-state index is 13.2. The molecular weight excluding hydrogens is 307 g/mol. The number of rotatable bonds is 6. The van der Waals surface area contributed by atoms with Crippen LogP contribution in [0.25, 0.3) is 0 Å². The largest absolute Gasteiger partial charge is 0.353 e. The predicted octanol–water partition coefficient (Wildman–Crippen LogP) is 2.75. The van der Waals surface area contributed by atoms with Crippen molar-refractivity contribution < 1.29 is 14.0 Å². The van der Waals surface area contributed by atoms with Crippen molar-refractivity contribution in [2.24, 2.45) is 23.7 Å². The van der Waals surface area contributed by atoms with Gasteiger partial charge in [0.25, 0.3) is 0 Å². The number of hydrogen-bond acceptors (Lipinski definition) is 2. The SMILES string of the molecule is C[C@@H]1C[C@@H]1C(=O)NC[C@H](c1ccc(F)cc1)N(C)C(=O)[C@H]1C[C@@H]1C. The Morgan fingerprint density at radius 2 is 1.71 bits per heavy atom. The van der Waals surface area contributed by atoms with E-state index < -0.39 is 0 Å². The lowest BCUT2D eigenvalue weighted by molar-refractivity contribution is -0.134. The Labute approximate surface area is 142 Å². The van der Waals surface area contributed by atoms with Crippen LogP contribution in [0.15, 0.2) is 24.3 Å². The number of nitrogens with zero attached hydrogens (tertiary/aromatic N) is 1. The average Bonchev–Trinajstić information content (AvgIpc) is 3.46. The molecule has 2 fully saturated rings. The zero-order chi connectivity index (χ0) is 17.4. The summed E-state index contributed by atoms with van der Waals surface area (Å²) in [4.78, 5) is 26.4. The Bertz CT molecular complexity index is 631. The molecule has 2 amide bonds. The summed E-state index contributed by atoms with van der Waals surface area (Å²) in [5.74, 6) is 0.899. The molecule has 5 heteroatoms. The molecule has 1 N–H and O–H groups in total. The highest BCUT2D eigenvalue weighted by molar-refractivity contribution is 5.83. The summed E-state index contributed by atoms with van der Waals surface area (Å²) in [6.07, 6.45) is 1.85. The summed E-state index contributed by atoms with van der Waals surface area (Å²) >= 11 is 0. The second-order valence-corrected chi connectivity index (χ2v) is 7.40. The molecule has 4 nitrogen and oxygen atoms in total. The van der Waals surface area contributed by atoms with Gasteiger partial charge in [-0.15, -0.1) is 0 Å². The minimum Gasteiger partial charge on any atom is -0.353 e. The first-order valence-corrected chi connectivity index (χ1v) is 8.68. The topological polar surface area (TPSA) is 49.4 Å². The lowest BCUT2D eigenvalue weighted by Gasteiger charge is -2.29. The number of hydrogen-bond donors (Lipinski definition) is 1. The van der Waals surface area contributed by atoms with Crippen LogP contribution < -0.4 is 5.32 Å². The Hall–Kier alpha value is -1.91. The molecule has 2 aliphatic carbocycles. The van der Waals surface area contributed by atoms with Crippen molar-refractivity contribution in [2.45, 2.75) is 32.7 Å². The first kappa shape index (κ1) is 16.9. The minimum absolute atomic E-state index is 0.0512. The summed E-state index contributed by atoms with van der Waals surface area (Å²) in [5.41, 5.74) is 0.838. The van der Waals surface area contributed by atoms with E-state index in [2.05, 4.69) is 19.2 Å². The highest BCUT2D eigenvalue weighted by Gasteiger charge is 2.43. The van der Waals surface area contributed by atoms with Gasteiger partial charge in [-0.2, -0.15) is 0 Å². The molecule has 0 aliphatic heterocycles. The van der Waals surface area contributed by atoms with Gasteiger partial charge in [-0.05, 0) is 42.4 Å². The van der Waals surface area contributed by atoms with E-state index in [1.165, 1.54) is 12.1 Å². The molecule has 130 valence electrons. The zero-order valence-corrected chi connectivity index (χ0v) is 14.5. The van der Waals surface area contributed by atoms with Crippen LogP contribution in [0, 0.1) is 29.5 Å². The zero-order valence-electron chi connectivity index (χ0n) is 14.5. The first-order valence-electron chi connectivity index (χ1n) is 8.68. The Morgan fingerprint density at radius 1 is 1.17 bits per heavy atom. The van der Waals surface area contributed by atoms with Crippen LogP contribution in [0.4, 0.5) is 4.39 Å². The normalized spacial score (nSPS) is 28.8. The van der Waals surface area contributed by atoms with Crippen LogP contribution in [0.1, 0.15) is 38.3 Å². The molecular formula is C19H25FN2O2. The van der Waals surface area contributed by atoms with Gasteiger partial charge in [0, 0.05) is 25.4 Å². The molecule has 0 saturated heterocycles. The minimum atomic E-state index is -0.307. The highest BCUT2D eigenvalue weighted by atomic mass is 19.1.